The molecule has 4 aromatic rings. The second-order valence-electron chi connectivity index (χ2n) is 8.65. The number of thiophene rings is 1. The number of benzene rings is 2. The van der Waals surface area contributed by atoms with Gasteiger partial charge in [-0.05, 0) is 74.6 Å². The van der Waals surface area contributed by atoms with E-state index in [0.29, 0.717) is 45.4 Å². The molecule has 1 aliphatic carbocycles. The summed E-state index contributed by atoms with van der Waals surface area (Å²) in [7, 11) is 4.62. The Kier molecular flexibility index (Phi) is 7.19. The fourth-order valence-electron chi connectivity index (χ4n) is 4.68. The van der Waals surface area contributed by atoms with Crippen molar-refractivity contribution in [2.24, 2.45) is 4.99 Å². The molecule has 5 rings (SSSR count). The van der Waals surface area contributed by atoms with E-state index in [2.05, 4.69) is 0 Å². The maximum Gasteiger partial charge on any atom is 0.341 e. The van der Waals surface area contributed by atoms with E-state index in [0.717, 1.165) is 47.9 Å². The zero-order valence-corrected chi connectivity index (χ0v) is 22.2. The minimum Gasteiger partial charge on any atom is -0.494 e. The van der Waals surface area contributed by atoms with Crippen molar-refractivity contribution in [3.05, 3.63) is 63.8 Å². The third kappa shape index (κ3) is 4.81. The topological polar surface area (TPSA) is 79.5 Å². The van der Waals surface area contributed by atoms with Crippen molar-refractivity contribution < 1.29 is 28.2 Å². The fourth-order valence-corrected chi connectivity index (χ4v) is 5.94. The molecule has 1 aliphatic rings. The molecule has 0 fully saturated rings. The number of esters is 1. The molecule has 2 aromatic carbocycles. The first-order valence-electron chi connectivity index (χ1n) is 12.3. The predicted octanol–water partition coefficient (Wildman–Crippen LogP) is 6.48. The van der Waals surface area contributed by atoms with E-state index in [1.54, 1.807) is 25.6 Å². The average Bonchev–Trinajstić information content (AvgIpc) is 3.30. The Morgan fingerprint density at radius 2 is 1.81 bits per heavy atom. The van der Waals surface area contributed by atoms with Crippen molar-refractivity contribution in [2.75, 3.05) is 27.9 Å². The van der Waals surface area contributed by atoms with Crippen LogP contribution >= 0.6 is 11.3 Å². The van der Waals surface area contributed by atoms with Crippen molar-refractivity contribution in [3.63, 3.8) is 0 Å². The summed E-state index contributed by atoms with van der Waals surface area (Å²) in [6, 6.07) is 13.2. The van der Waals surface area contributed by atoms with E-state index >= 15 is 0 Å². The lowest BCUT2D eigenvalue weighted by molar-refractivity contribution is 0.0600. The molecule has 0 aliphatic heterocycles. The molecule has 7 nitrogen and oxygen atoms in total. The first-order chi connectivity index (χ1) is 18.1. The summed E-state index contributed by atoms with van der Waals surface area (Å²) in [5, 5.41) is 2.13. The molecule has 0 saturated heterocycles. The molecule has 192 valence electrons. The number of fused-ring (bicyclic) bond motifs is 2. The van der Waals surface area contributed by atoms with Crippen LogP contribution in [0.5, 0.6) is 17.2 Å². The van der Waals surface area contributed by atoms with Crippen molar-refractivity contribution in [1.29, 1.82) is 0 Å². The lowest BCUT2D eigenvalue weighted by atomic mass is 9.95. The van der Waals surface area contributed by atoms with Gasteiger partial charge in [0, 0.05) is 21.9 Å². The van der Waals surface area contributed by atoms with Crippen LogP contribution in [0.1, 0.15) is 40.6 Å². The van der Waals surface area contributed by atoms with Gasteiger partial charge in [0.1, 0.15) is 22.1 Å². The highest BCUT2D eigenvalue weighted by atomic mass is 32.1. The first-order valence-corrected chi connectivity index (χ1v) is 13.1. The molecule has 0 atom stereocenters. The average molecular weight is 520 g/mol. The summed E-state index contributed by atoms with van der Waals surface area (Å²) in [4.78, 5) is 19.1. The quantitative estimate of drug-likeness (QED) is 0.260. The van der Waals surface area contributed by atoms with Crippen LogP contribution in [0.4, 0.5) is 5.00 Å². The molecule has 0 bridgehead atoms. The number of carbonyl (C=O) groups is 1. The van der Waals surface area contributed by atoms with Crippen LogP contribution in [0, 0.1) is 0 Å². The van der Waals surface area contributed by atoms with Gasteiger partial charge in [0.2, 0.25) is 0 Å². The molecular formula is C29H29NO6S. The Morgan fingerprint density at radius 1 is 1.00 bits per heavy atom. The number of methoxy groups -OCH3 is 3. The molecule has 0 saturated carbocycles. The van der Waals surface area contributed by atoms with Gasteiger partial charge >= 0.3 is 5.97 Å². The maximum absolute atomic E-state index is 12.8. The number of hydrogen-bond acceptors (Lipinski definition) is 8. The summed E-state index contributed by atoms with van der Waals surface area (Å²) in [6.07, 6.45) is 3.99. The smallest absolute Gasteiger partial charge is 0.341 e. The predicted molar refractivity (Wildman–Crippen MR) is 143 cm³/mol. The minimum atomic E-state index is -0.349. The largest absolute Gasteiger partial charge is 0.494 e. The summed E-state index contributed by atoms with van der Waals surface area (Å²) in [6.45, 7) is 2.49. The molecular weight excluding hydrogens is 490 g/mol. The van der Waals surface area contributed by atoms with E-state index < -0.39 is 0 Å². The molecule has 0 amide bonds. The van der Waals surface area contributed by atoms with Crippen LogP contribution in [-0.2, 0) is 17.6 Å². The molecule has 0 spiro atoms. The minimum absolute atomic E-state index is 0.349. The Hall–Kier alpha value is -3.78. The SMILES string of the molecule is CCOc1ccc2oc(-c3ccc(OC)c(OC)c3)cc(=Nc3sc4c(c3C(=O)OC)CCCC4)c2c1. The highest BCUT2D eigenvalue weighted by molar-refractivity contribution is 7.16. The Bertz CT molecular complexity index is 1530. The zero-order chi connectivity index (χ0) is 25.9. The van der Waals surface area contributed by atoms with Gasteiger partial charge in [0.05, 0.1) is 38.9 Å². The third-order valence-corrected chi connectivity index (χ3v) is 7.64. The number of carbonyl (C=O) groups excluding carboxylic acids is 1. The number of hydrogen-bond donors (Lipinski definition) is 0. The van der Waals surface area contributed by atoms with Crippen molar-refractivity contribution in [3.8, 4) is 28.6 Å². The second-order valence-corrected chi connectivity index (χ2v) is 9.73. The fraction of sp³-hybridized carbons (Fsp3) is 0.310. The standard InChI is InChI=1S/C29H29NO6S/c1-5-35-18-11-13-22-20(15-18)21(16-24(36-22)17-10-12-23(32-2)25(14-17)33-3)30-28-27(29(31)34-4)19-8-6-7-9-26(19)37-28/h10-16H,5-9H2,1-4H3. The van der Waals surface area contributed by atoms with Crippen LogP contribution < -0.4 is 19.6 Å². The van der Waals surface area contributed by atoms with Gasteiger partial charge in [-0.3, -0.25) is 0 Å². The summed E-state index contributed by atoms with van der Waals surface area (Å²) >= 11 is 1.57. The first kappa shape index (κ1) is 24.9. The number of nitrogens with zero attached hydrogens (tertiary/aromatic N) is 1. The second kappa shape index (κ2) is 10.7. The van der Waals surface area contributed by atoms with Gasteiger partial charge in [0.15, 0.2) is 11.5 Å². The monoisotopic (exact) mass is 519 g/mol. The summed E-state index contributed by atoms with van der Waals surface area (Å²) < 4.78 is 28.1. The van der Waals surface area contributed by atoms with Crippen LogP contribution in [0.15, 0.2) is 51.9 Å². The zero-order valence-electron chi connectivity index (χ0n) is 21.4. The summed E-state index contributed by atoms with van der Waals surface area (Å²) in [5.41, 5.74) is 3.10. The van der Waals surface area contributed by atoms with Crippen LogP contribution in [0.25, 0.3) is 22.3 Å². The molecule has 0 unspecified atom stereocenters. The lowest BCUT2D eigenvalue weighted by Gasteiger charge is -2.11. The van der Waals surface area contributed by atoms with Crippen molar-refractivity contribution >= 4 is 33.3 Å². The Balaban J connectivity index is 1.77. The highest BCUT2D eigenvalue weighted by Crippen LogP contribution is 2.40. The van der Waals surface area contributed by atoms with Crippen molar-refractivity contribution in [2.45, 2.75) is 32.6 Å². The van der Waals surface area contributed by atoms with E-state index in [4.69, 9.17) is 28.4 Å². The highest BCUT2D eigenvalue weighted by Gasteiger charge is 2.26. The normalized spacial score (nSPS) is 13.4. The molecule has 0 radical (unpaired) electrons. The van der Waals surface area contributed by atoms with Gasteiger partial charge in [-0.2, -0.15) is 0 Å². The maximum atomic E-state index is 12.8. The third-order valence-electron chi connectivity index (χ3n) is 6.46. The lowest BCUT2D eigenvalue weighted by Crippen LogP contribution is -2.08. The Labute approximate surface area is 219 Å². The van der Waals surface area contributed by atoms with Crippen LogP contribution in [0.3, 0.4) is 0 Å². The molecule has 37 heavy (non-hydrogen) atoms. The van der Waals surface area contributed by atoms with Gasteiger partial charge < -0.3 is 23.4 Å². The van der Waals surface area contributed by atoms with E-state index in [1.807, 2.05) is 49.4 Å². The van der Waals surface area contributed by atoms with Gasteiger partial charge in [0.25, 0.3) is 0 Å². The van der Waals surface area contributed by atoms with E-state index in [9.17, 15) is 4.79 Å². The molecule has 2 heterocycles. The van der Waals surface area contributed by atoms with Crippen molar-refractivity contribution in [1.82, 2.24) is 0 Å². The number of rotatable bonds is 7. The van der Waals surface area contributed by atoms with Gasteiger partial charge in [-0.25, -0.2) is 9.79 Å². The summed E-state index contributed by atoms with van der Waals surface area (Å²) in [5.74, 6) is 2.21. The molecule has 2 aromatic heterocycles. The van der Waals surface area contributed by atoms with Gasteiger partial charge in [-0.1, -0.05) is 0 Å². The Morgan fingerprint density at radius 3 is 2.57 bits per heavy atom. The van der Waals surface area contributed by atoms with Crippen LogP contribution in [-0.4, -0.2) is 33.9 Å². The van der Waals surface area contributed by atoms with Crippen LogP contribution in [0.2, 0.25) is 0 Å². The number of aryl methyl sites for hydroxylation is 1. The van der Waals surface area contributed by atoms with Gasteiger partial charge in [-0.15, -0.1) is 11.3 Å². The molecule has 8 heteroatoms. The van der Waals surface area contributed by atoms with E-state index in [-0.39, 0.29) is 5.97 Å². The number of ether oxygens (including phenoxy) is 4. The molecule has 0 N–H and O–H groups in total. The van der Waals surface area contributed by atoms with E-state index in [1.165, 1.54) is 12.0 Å².